The van der Waals surface area contributed by atoms with Gasteiger partial charge in [0, 0.05) is 31.3 Å². The van der Waals surface area contributed by atoms with Gasteiger partial charge in [-0.25, -0.2) is 14.4 Å². The van der Waals surface area contributed by atoms with Gasteiger partial charge in [-0.1, -0.05) is 0 Å². The first-order chi connectivity index (χ1) is 17.6. The van der Waals surface area contributed by atoms with Crippen molar-refractivity contribution in [1.29, 1.82) is 0 Å². The molecule has 1 fully saturated rings. The molecule has 192 valence electrons. The van der Waals surface area contributed by atoms with Gasteiger partial charge in [0.15, 0.2) is 6.29 Å². The SMILES string of the molecule is O=C(NCCO)C1COC(Cc2nc(-c3ccc(F)cc3)c(-c3ccnc(OCCCO)n3)[nH]2)OC1. The van der Waals surface area contributed by atoms with Crippen LogP contribution in [-0.4, -0.2) is 81.9 Å². The van der Waals surface area contributed by atoms with Crippen LogP contribution in [0.25, 0.3) is 22.6 Å². The van der Waals surface area contributed by atoms with Crippen LogP contribution in [0.4, 0.5) is 4.39 Å². The second-order valence-corrected chi connectivity index (χ2v) is 8.08. The van der Waals surface area contributed by atoms with E-state index in [1.54, 1.807) is 24.4 Å². The summed E-state index contributed by atoms with van der Waals surface area (Å²) in [6.07, 6.45) is 1.67. The molecule has 1 aliphatic heterocycles. The molecule has 3 heterocycles. The fourth-order valence-corrected chi connectivity index (χ4v) is 3.59. The fraction of sp³-hybridized carbons (Fsp3) is 0.417. The number of hydrogen-bond acceptors (Lipinski definition) is 9. The van der Waals surface area contributed by atoms with Crippen LogP contribution in [0.3, 0.4) is 0 Å². The predicted molar refractivity (Wildman–Crippen MR) is 125 cm³/mol. The van der Waals surface area contributed by atoms with Crippen molar-refractivity contribution in [2.45, 2.75) is 19.1 Å². The van der Waals surface area contributed by atoms with Crippen molar-refractivity contribution in [1.82, 2.24) is 25.3 Å². The number of aliphatic hydroxyl groups is 2. The standard InChI is InChI=1S/C24H28FN5O6/c25-17-4-2-15(3-5-17)21-22(18-6-7-27-24(28-18)34-11-1-9-31)30-19(29-21)12-20-35-13-16(14-36-20)23(33)26-8-10-32/h2-7,16,20,31-32H,1,8-14H2,(H,26,33)(H,29,30). The van der Waals surface area contributed by atoms with Crippen LogP contribution in [0, 0.1) is 11.7 Å². The molecule has 2 aromatic heterocycles. The third-order valence-electron chi connectivity index (χ3n) is 5.40. The third kappa shape index (κ3) is 6.61. The first kappa shape index (κ1) is 25.6. The molecule has 0 radical (unpaired) electrons. The van der Waals surface area contributed by atoms with Crippen molar-refractivity contribution >= 4 is 5.91 Å². The van der Waals surface area contributed by atoms with E-state index in [-0.39, 0.29) is 63.7 Å². The van der Waals surface area contributed by atoms with Crippen molar-refractivity contribution in [2.75, 3.05) is 39.6 Å². The van der Waals surface area contributed by atoms with Crippen LogP contribution in [0.15, 0.2) is 36.5 Å². The highest BCUT2D eigenvalue weighted by atomic mass is 19.1. The van der Waals surface area contributed by atoms with E-state index in [1.807, 2.05) is 0 Å². The van der Waals surface area contributed by atoms with E-state index in [0.29, 0.717) is 34.9 Å². The highest BCUT2D eigenvalue weighted by Crippen LogP contribution is 2.30. The molecule has 11 nitrogen and oxygen atoms in total. The van der Waals surface area contributed by atoms with E-state index in [1.165, 1.54) is 12.1 Å². The van der Waals surface area contributed by atoms with E-state index in [2.05, 4.69) is 20.3 Å². The molecule has 36 heavy (non-hydrogen) atoms. The number of halogens is 1. The molecular weight excluding hydrogens is 473 g/mol. The van der Waals surface area contributed by atoms with E-state index < -0.39 is 12.2 Å². The number of imidazole rings is 1. The summed E-state index contributed by atoms with van der Waals surface area (Å²) < 4.78 is 30.5. The van der Waals surface area contributed by atoms with Crippen molar-refractivity contribution < 1.29 is 33.6 Å². The summed E-state index contributed by atoms with van der Waals surface area (Å²) >= 11 is 0. The second kappa shape index (κ2) is 12.5. The Morgan fingerprint density at radius 2 is 1.92 bits per heavy atom. The van der Waals surface area contributed by atoms with E-state index >= 15 is 0 Å². The number of H-pyrrole nitrogens is 1. The third-order valence-corrected chi connectivity index (χ3v) is 5.40. The molecular formula is C24H28FN5O6. The van der Waals surface area contributed by atoms with Gasteiger partial charge >= 0.3 is 6.01 Å². The highest BCUT2D eigenvalue weighted by Gasteiger charge is 2.28. The largest absolute Gasteiger partial charge is 0.463 e. The van der Waals surface area contributed by atoms with Gasteiger partial charge in [0.2, 0.25) is 5.91 Å². The van der Waals surface area contributed by atoms with Gasteiger partial charge in [-0.15, -0.1) is 0 Å². The van der Waals surface area contributed by atoms with E-state index in [0.717, 1.165) is 0 Å². The number of rotatable bonds is 11. The Bertz CT molecular complexity index is 1130. The second-order valence-electron chi connectivity index (χ2n) is 8.08. The lowest BCUT2D eigenvalue weighted by Crippen LogP contribution is -2.43. The minimum absolute atomic E-state index is 0.00228. The van der Waals surface area contributed by atoms with E-state index in [4.69, 9.17) is 29.4 Å². The fourth-order valence-electron chi connectivity index (χ4n) is 3.59. The Kier molecular flexibility index (Phi) is 8.90. The van der Waals surface area contributed by atoms with Gasteiger partial charge in [-0.2, -0.15) is 4.98 Å². The first-order valence-corrected chi connectivity index (χ1v) is 11.6. The molecule has 1 aromatic carbocycles. The number of nitrogens with one attached hydrogen (secondary N) is 2. The Labute approximate surface area is 206 Å². The maximum Gasteiger partial charge on any atom is 0.316 e. The number of amides is 1. The van der Waals surface area contributed by atoms with Gasteiger partial charge in [0.05, 0.1) is 55.8 Å². The average Bonchev–Trinajstić information content (AvgIpc) is 3.32. The number of benzene rings is 1. The monoisotopic (exact) mass is 501 g/mol. The van der Waals surface area contributed by atoms with Crippen LogP contribution in [0.5, 0.6) is 6.01 Å². The lowest BCUT2D eigenvalue weighted by Gasteiger charge is -2.28. The van der Waals surface area contributed by atoms with Crippen LogP contribution in [0.1, 0.15) is 12.2 Å². The quantitative estimate of drug-likeness (QED) is 0.283. The summed E-state index contributed by atoms with van der Waals surface area (Å²) in [6, 6.07) is 7.82. The molecule has 3 aromatic rings. The van der Waals surface area contributed by atoms with Gasteiger partial charge in [-0.05, 0) is 30.3 Å². The minimum Gasteiger partial charge on any atom is -0.463 e. The van der Waals surface area contributed by atoms with Gasteiger partial charge in [0.1, 0.15) is 11.6 Å². The summed E-state index contributed by atoms with van der Waals surface area (Å²) in [5.74, 6) is -0.500. The number of carbonyl (C=O) groups excluding carboxylic acids is 1. The lowest BCUT2D eigenvalue weighted by atomic mass is 10.1. The normalized spacial score (nSPS) is 17.6. The Hall–Kier alpha value is -3.45. The number of aromatic amines is 1. The van der Waals surface area contributed by atoms with Crippen LogP contribution in [0.2, 0.25) is 0 Å². The Balaban J connectivity index is 1.52. The Morgan fingerprint density at radius 3 is 2.64 bits per heavy atom. The van der Waals surface area contributed by atoms with Crippen molar-refractivity contribution in [3.63, 3.8) is 0 Å². The molecule has 0 unspecified atom stereocenters. The molecule has 1 saturated heterocycles. The number of aromatic nitrogens is 4. The number of aliphatic hydroxyl groups excluding tert-OH is 2. The minimum atomic E-state index is -0.616. The lowest BCUT2D eigenvalue weighted by molar-refractivity contribution is -0.200. The summed E-state index contributed by atoms with van der Waals surface area (Å²) in [4.78, 5) is 28.6. The Morgan fingerprint density at radius 1 is 1.14 bits per heavy atom. The average molecular weight is 502 g/mol. The van der Waals surface area contributed by atoms with Crippen molar-refractivity contribution in [2.24, 2.45) is 5.92 Å². The van der Waals surface area contributed by atoms with Crippen molar-refractivity contribution in [3.05, 3.63) is 48.2 Å². The summed E-state index contributed by atoms with van der Waals surface area (Å²) in [6.45, 7) is 0.674. The molecule has 0 bridgehead atoms. The number of hydrogen-bond donors (Lipinski definition) is 4. The molecule has 0 saturated carbocycles. The topological polar surface area (TPSA) is 152 Å². The zero-order chi connectivity index (χ0) is 25.3. The zero-order valence-corrected chi connectivity index (χ0v) is 19.5. The summed E-state index contributed by atoms with van der Waals surface area (Å²) in [7, 11) is 0. The maximum absolute atomic E-state index is 13.5. The molecule has 4 rings (SSSR count). The van der Waals surface area contributed by atoms with Crippen LogP contribution in [-0.2, 0) is 20.7 Å². The smallest absolute Gasteiger partial charge is 0.316 e. The van der Waals surface area contributed by atoms with Crippen LogP contribution < -0.4 is 10.1 Å². The van der Waals surface area contributed by atoms with Gasteiger partial charge in [0.25, 0.3) is 0 Å². The maximum atomic E-state index is 13.5. The molecule has 1 amide bonds. The van der Waals surface area contributed by atoms with Crippen LogP contribution >= 0.6 is 0 Å². The highest BCUT2D eigenvalue weighted by molar-refractivity contribution is 5.79. The number of ether oxygens (including phenoxy) is 3. The molecule has 12 heteroatoms. The van der Waals surface area contributed by atoms with E-state index in [9.17, 15) is 9.18 Å². The molecule has 0 spiro atoms. The molecule has 4 N–H and O–H groups in total. The predicted octanol–water partition coefficient (Wildman–Crippen LogP) is 1.07. The van der Waals surface area contributed by atoms with Gasteiger partial charge < -0.3 is 34.7 Å². The first-order valence-electron chi connectivity index (χ1n) is 11.6. The summed E-state index contributed by atoms with van der Waals surface area (Å²) in [5, 5.41) is 20.4. The molecule has 0 aliphatic carbocycles. The zero-order valence-electron chi connectivity index (χ0n) is 19.5. The molecule has 1 aliphatic rings. The van der Waals surface area contributed by atoms with Gasteiger partial charge in [-0.3, -0.25) is 4.79 Å². The number of carbonyl (C=O) groups is 1. The summed E-state index contributed by atoms with van der Waals surface area (Å²) in [5.41, 5.74) is 2.35. The molecule has 0 atom stereocenters. The van der Waals surface area contributed by atoms with Crippen molar-refractivity contribution in [3.8, 4) is 28.7 Å². The number of nitrogens with zero attached hydrogens (tertiary/aromatic N) is 3.